The number of pyridine rings is 1. The summed E-state index contributed by atoms with van der Waals surface area (Å²) >= 11 is 0. The number of fused-ring (bicyclic) bond motifs is 1. The van der Waals surface area contributed by atoms with Gasteiger partial charge in [0, 0.05) is 11.4 Å². The van der Waals surface area contributed by atoms with Gasteiger partial charge in [0.25, 0.3) is 5.91 Å². The quantitative estimate of drug-likeness (QED) is 0.896. The number of anilines is 1. The normalized spacial score (nSPS) is 20.9. The van der Waals surface area contributed by atoms with Crippen LogP contribution in [0.4, 0.5) is 5.82 Å². The molecule has 0 spiro atoms. The first kappa shape index (κ1) is 12.9. The number of rotatable bonds is 4. The van der Waals surface area contributed by atoms with Crippen molar-refractivity contribution >= 4 is 22.6 Å². The third kappa shape index (κ3) is 2.46. The summed E-state index contributed by atoms with van der Waals surface area (Å²) in [5.41, 5.74) is 7.18. The molecule has 1 fully saturated rings. The van der Waals surface area contributed by atoms with E-state index in [4.69, 9.17) is 5.73 Å². The molecule has 2 atom stereocenters. The summed E-state index contributed by atoms with van der Waals surface area (Å²) in [4.78, 5) is 16.7. The Morgan fingerprint density at radius 3 is 3.05 bits per heavy atom. The SMILES string of the molecule is CCCC1CC1NC(=O)c1cc(N)nc2ccccc12. The molecule has 0 radical (unpaired) electrons. The van der Waals surface area contributed by atoms with Crippen LogP contribution in [-0.4, -0.2) is 16.9 Å². The number of nitrogens with zero attached hydrogens (tertiary/aromatic N) is 1. The van der Waals surface area contributed by atoms with Crippen molar-refractivity contribution < 1.29 is 4.79 Å². The average molecular weight is 269 g/mol. The monoisotopic (exact) mass is 269 g/mol. The second-order valence-corrected chi connectivity index (χ2v) is 5.48. The number of benzene rings is 1. The molecule has 2 unspecified atom stereocenters. The van der Waals surface area contributed by atoms with Crippen LogP contribution in [0.25, 0.3) is 10.9 Å². The molecule has 3 rings (SSSR count). The van der Waals surface area contributed by atoms with Crippen LogP contribution in [-0.2, 0) is 0 Å². The van der Waals surface area contributed by atoms with E-state index in [2.05, 4.69) is 17.2 Å². The van der Waals surface area contributed by atoms with E-state index in [1.165, 1.54) is 12.8 Å². The largest absolute Gasteiger partial charge is 0.384 e. The number of hydrogen-bond donors (Lipinski definition) is 2. The van der Waals surface area contributed by atoms with Crippen molar-refractivity contribution in [1.29, 1.82) is 0 Å². The number of nitrogens with two attached hydrogens (primary N) is 1. The van der Waals surface area contributed by atoms with Gasteiger partial charge in [-0.3, -0.25) is 4.79 Å². The summed E-state index contributed by atoms with van der Waals surface area (Å²) < 4.78 is 0. The van der Waals surface area contributed by atoms with Crippen LogP contribution in [0, 0.1) is 5.92 Å². The Bertz CT molecular complexity index is 653. The van der Waals surface area contributed by atoms with Gasteiger partial charge in [-0.05, 0) is 30.9 Å². The summed E-state index contributed by atoms with van der Waals surface area (Å²) in [5, 5.41) is 3.96. The molecule has 3 N–H and O–H groups in total. The molecular weight excluding hydrogens is 250 g/mol. The summed E-state index contributed by atoms with van der Waals surface area (Å²) in [7, 11) is 0. The van der Waals surface area contributed by atoms with Crippen molar-refractivity contribution in [3.63, 3.8) is 0 Å². The van der Waals surface area contributed by atoms with Crippen molar-refractivity contribution in [2.45, 2.75) is 32.2 Å². The Morgan fingerprint density at radius 1 is 1.45 bits per heavy atom. The lowest BCUT2D eigenvalue weighted by molar-refractivity contribution is 0.0950. The third-order valence-corrected chi connectivity index (χ3v) is 3.88. The lowest BCUT2D eigenvalue weighted by atomic mass is 10.1. The molecule has 2 aromatic rings. The maximum Gasteiger partial charge on any atom is 0.252 e. The molecule has 1 aliphatic carbocycles. The van der Waals surface area contributed by atoms with Gasteiger partial charge in [-0.1, -0.05) is 31.5 Å². The highest BCUT2D eigenvalue weighted by Gasteiger charge is 2.37. The fraction of sp³-hybridized carbons (Fsp3) is 0.375. The molecule has 1 heterocycles. The predicted molar refractivity (Wildman–Crippen MR) is 80.4 cm³/mol. The lowest BCUT2D eigenvalue weighted by Gasteiger charge is -2.08. The van der Waals surface area contributed by atoms with E-state index < -0.39 is 0 Å². The first-order valence-electron chi connectivity index (χ1n) is 7.15. The Hall–Kier alpha value is -2.10. The summed E-state index contributed by atoms with van der Waals surface area (Å²) in [6.07, 6.45) is 3.45. The van der Waals surface area contributed by atoms with E-state index in [0.29, 0.717) is 23.3 Å². The van der Waals surface area contributed by atoms with Crippen LogP contribution in [0.2, 0.25) is 0 Å². The molecule has 1 saturated carbocycles. The molecule has 20 heavy (non-hydrogen) atoms. The highest BCUT2D eigenvalue weighted by molar-refractivity contribution is 6.07. The number of hydrogen-bond acceptors (Lipinski definition) is 3. The van der Waals surface area contributed by atoms with Gasteiger partial charge in [-0.25, -0.2) is 4.98 Å². The number of nitrogen functional groups attached to an aromatic ring is 1. The standard InChI is InChI=1S/C16H19N3O/c1-2-5-10-8-14(10)19-16(20)12-9-15(17)18-13-7-4-3-6-11(12)13/h3-4,6-7,9-10,14H,2,5,8H2,1H3,(H2,17,18)(H,19,20). The lowest BCUT2D eigenvalue weighted by Crippen LogP contribution is -2.27. The van der Waals surface area contributed by atoms with Gasteiger partial charge in [0.2, 0.25) is 0 Å². The third-order valence-electron chi connectivity index (χ3n) is 3.88. The van der Waals surface area contributed by atoms with Crippen LogP contribution >= 0.6 is 0 Å². The van der Waals surface area contributed by atoms with Crippen LogP contribution in [0.15, 0.2) is 30.3 Å². The zero-order valence-electron chi connectivity index (χ0n) is 11.6. The van der Waals surface area contributed by atoms with Gasteiger partial charge in [0.1, 0.15) is 5.82 Å². The highest BCUT2D eigenvalue weighted by atomic mass is 16.1. The van der Waals surface area contributed by atoms with Gasteiger partial charge >= 0.3 is 0 Å². The summed E-state index contributed by atoms with van der Waals surface area (Å²) in [5.74, 6) is 0.989. The topological polar surface area (TPSA) is 68.0 Å². The molecule has 4 nitrogen and oxygen atoms in total. The zero-order valence-corrected chi connectivity index (χ0v) is 11.6. The van der Waals surface area contributed by atoms with E-state index in [1.807, 2.05) is 24.3 Å². The second-order valence-electron chi connectivity index (χ2n) is 5.48. The maximum absolute atomic E-state index is 12.4. The van der Waals surface area contributed by atoms with Gasteiger partial charge in [-0.15, -0.1) is 0 Å². The first-order chi connectivity index (χ1) is 9.69. The van der Waals surface area contributed by atoms with Gasteiger partial charge in [0.05, 0.1) is 11.1 Å². The molecule has 1 amide bonds. The molecule has 1 aliphatic rings. The summed E-state index contributed by atoms with van der Waals surface area (Å²) in [6, 6.07) is 9.58. The maximum atomic E-state index is 12.4. The minimum atomic E-state index is -0.0427. The second kappa shape index (κ2) is 5.12. The molecule has 0 saturated heterocycles. The molecular formula is C16H19N3O. The summed E-state index contributed by atoms with van der Waals surface area (Å²) in [6.45, 7) is 2.17. The van der Waals surface area contributed by atoms with Crippen molar-refractivity contribution in [2.75, 3.05) is 5.73 Å². The Kier molecular flexibility index (Phi) is 3.30. The number of amides is 1. The minimum Gasteiger partial charge on any atom is -0.384 e. The molecule has 104 valence electrons. The molecule has 1 aromatic heterocycles. The Balaban J connectivity index is 1.84. The fourth-order valence-corrected chi connectivity index (χ4v) is 2.74. The molecule has 4 heteroatoms. The van der Waals surface area contributed by atoms with Gasteiger partial charge in [-0.2, -0.15) is 0 Å². The minimum absolute atomic E-state index is 0.0427. The van der Waals surface area contributed by atoms with Crippen molar-refractivity contribution in [3.05, 3.63) is 35.9 Å². The first-order valence-corrected chi connectivity index (χ1v) is 7.15. The average Bonchev–Trinajstić information content (AvgIpc) is 3.16. The van der Waals surface area contributed by atoms with Crippen molar-refractivity contribution in [3.8, 4) is 0 Å². The van der Waals surface area contributed by atoms with E-state index in [0.717, 1.165) is 17.3 Å². The number of carbonyl (C=O) groups is 1. The molecule has 1 aromatic carbocycles. The molecule has 0 aliphatic heterocycles. The Labute approximate surface area is 118 Å². The number of nitrogens with one attached hydrogen (secondary N) is 1. The number of aromatic nitrogens is 1. The van der Waals surface area contributed by atoms with E-state index in [9.17, 15) is 4.79 Å². The Morgan fingerprint density at radius 2 is 2.25 bits per heavy atom. The van der Waals surface area contributed by atoms with E-state index in [-0.39, 0.29) is 5.91 Å². The van der Waals surface area contributed by atoms with Crippen molar-refractivity contribution in [2.24, 2.45) is 5.92 Å². The van der Waals surface area contributed by atoms with Crippen LogP contribution < -0.4 is 11.1 Å². The number of carbonyl (C=O) groups excluding carboxylic acids is 1. The van der Waals surface area contributed by atoms with Crippen molar-refractivity contribution in [1.82, 2.24) is 10.3 Å². The van der Waals surface area contributed by atoms with Crippen LogP contribution in [0.5, 0.6) is 0 Å². The number of para-hydroxylation sites is 1. The van der Waals surface area contributed by atoms with E-state index >= 15 is 0 Å². The van der Waals surface area contributed by atoms with Gasteiger partial charge in [0.15, 0.2) is 0 Å². The predicted octanol–water partition coefficient (Wildman–Crippen LogP) is 2.74. The zero-order chi connectivity index (χ0) is 14.1. The van der Waals surface area contributed by atoms with Gasteiger partial charge < -0.3 is 11.1 Å². The fourth-order valence-electron chi connectivity index (χ4n) is 2.74. The van der Waals surface area contributed by atoms with E-state index in [1.54, 1.807) is 6.07 Å². The van der Waals surface area contributed by atoms with Crippen LogP contribution in [0.1, 0.15) is 36.5 Å². The van der Waals surface area contributed by atoms with Crippen LogP contribution in [0.3, 0.4) is 0 Å². The highest BCUT2D eigenvalue weighted by Crippen LogP contribution is 2.35. The smallest absolute Gasteiger partial charge is 0.252 e. The molecule has 0 bridgehead atoms.